The molecule has 0 spiro atoms. The molecule has 0 saturated carbocycles. The van der Waals surface area contributed by atoms with Crippen LogP contribution in [0.4, 0.5) is 0 Å². The van der Waals surface area contributed by atoms with Gasteiger partial charge in [0.15, 0.2) is 11.0 Å². The van der Waals surface area contributed by atoms with Gasteiger partial charge in [-0.2, -0.15) is 0 Å². The number of hydrogen-bond donors (Lipinski definition) is 1. The Labute approximate surface area is 211 Å². The Morgan fingerprint density at radius 2 is 1.63 bits per heavy atom. The molecule has 4 aromatic rings. The van der Waals surface area contributed by atoms with Gasteiger partial charge in [0, 0.05) is 12.1 Å². The van der Waals surface area contributed by atoms with E-state index in [-0.39, 0.29) is 17.7 Å². The SMILES string of the molecule is Cc1ccc(-n2c(SCC(=O)NC[C@H](c3ccccc3)N(C)C)nnc2-c2ccccc2)cc1C. The lowest BCUT2D eigenvalue weighted by Crippen LogP contribution is -2.35. The molecule has 7 heteroatoms. The minimum Gasteiger partial charge on any atom is -0.353 e. The van der Waals surface area contributed by atoms with Crippen LogP contribution in [-0.2, 0) is 4.79 Å². The molecular formula is C28H31N5OS. The fraction of sp³-hybridized carbons (Fsp3) is 0.250. The molecule has 3 aromatic carbocycles. The number of aryl methyl sites for hydroxylation is 2. The topological polar surface area (TPSA) is 63.1 Å². The summed E-state index contributed by atoms with van der Waals surface area (Å²) in [6.45, 7) is 4.73. The Kier molecular flexibility index (Phi) is 8.00. The van der Waals surface area contributed by atoms with Gasteiger partial charge in [0.1, 0.15) is 0 Å². The van der Waals surface area contributed by atoms with Crippen molar-refractivity contribution in [1.82, 2.24) is 25.0 Å². The molecule has 1 atom stereocenters. The lowest BCUT2D eigenvalue weighted by Gasteiger charge is -2.25. The van der Waals surface area contributed by atoms with Gasteiger partial charge >= 0.3 is 0 Å². The van der Waals surface area contributed by atoms with Crippen molar-refractivity contribution in [2.45, 2.75) is 25.0 Å². The first-order valence-electron chi connectivity index (χ1n) is 11.6. The number of aromatic nitrogens is 3. The van der Waals surface area contributed by atoms with Crippen LogP contribution in [0.25, 0.3) is 17.1 Å². The second kappa shape index (κ2) is 11.3. The van der Waals surface area contributed by atoms with Gasteiger partial charge in [-0.15, -0.1) is 10.2 Å². The molecule has 1 heterocycles. The second-order valence-corrected chi connectivity index (χ2v) is 9.70. The number of rotatable bonds is 9. The summed E-state index contributed by atoms with van der Waals surface area (Å²) in [5, 5.41) is 12.7. The zero-order valence-electron chi connectivity index (χ0n) is 20.6. The Morgan fingerprint density at radius 1 is 0.943 bits per heavy atom. The maximum absolute atomic E-state index is 12.8. The highest BCUT2D eigenvalue weighted by Crippen LogP contribution is 2.29. The highest BCUT2D eigenvalue weighted by atomic mass is 32.2. The van der Waals surface area contributed by atoms with Crippen molar-refractivity contribution < 1.29 is 4.79 Å². The van der Waals surface area contributed by atoms with Crippen LogP contribution in [-0.4, -0.2) is 52.0 Å². The maximum atomic E-state index is 12.8. The largest absolute Gasteiger partial charge is 0.353 e. The number of benzene rings is 3. The smallest absolute Gasteiger partial charge is 0.230 e. The normalized spacial score (nSPS) is 12.0. The number of thioether (sulfide) groups is 1. The number of amides is 1. The molecule has 6 nitrogen and oxygen atoms in total. The Morgan fingerprint density at radius 3 is 2.29 bits per heavy atom. The van der Waals surface area contributed by atoms with E-state index in [4.69, 9.17) is 0 Å². The molecule has 0 aliphatic rings. The van der Waals surface area contributed by atoms with Crippen LogP contribution in [0.15, 0.2) is 84.0 Å². The van der Waals surface area contributed by atoms with Gasteiger partial charge in [-0.25, -0.2) is 0 Å². The van der Waals surface area contributed by atoms with Crippen molar-refractivity contribution in [2.75, 3.05) is 26.4 Å². The molecule has 1 N–H and O–H groups in total. The molecule has 0 saturated heterocycles. The average molecular weight is 486 g/mol. The summed E-state index contributed by atoms with van der Waals surface area (Å²) in [7, 11) is 4.05. The van der Waals surface area contributed by atoms with E-state index in [1.54, 1.807) is 0 Å². The van der Waals surface area contributed by atoms with Gasteiger partial charge < -0.3 is 10.2 Å². The number of nitrogens with one attached hydrogen (secondary N) is 1. The third-order valence-corrected chi connectivity index (χ3v) is 6.98. The van der Waals surface area contributed by atoms with Gasteiger partial charge in [-0.05, 0) is 56.8 Å². The summed E-state index contributed by atoms with van der Waals surface area (Å²) in [4.78, 5) is 14.9. The number of nitrogens with zero attached hydrogens (tertiary/aromatic N) is 4. The maximum Gasteiger partial charge on any atom is 0.230 e. The third-order valence-electron chi connectivity index (χ3n) is 6.05. The molecule has 35 heavy (non-hydrogen) atoms. The zero-order valence-corrected chi connectivity index (χ0v) is 21.4. The van der Waals surface area contributed by atoms with Crippen molar-refractivity contribution in [3.63, 3.8) is 0 Å². The number of carbonyl (C=O) groups is 1. The van der Waals surface area contributed by atoms with Crippen LogP contribution in [0, 0.1) is 13.8 Å². The van der Waals surface area contributed by atoms with Crippen LogP contribution in [0.1, 0.15) is 22.7 Å². The van der Waals surface area contributed by atoms with Gasteiger partial charge in [-0.1, -0.05) is 78.5 Å². The number of carbonyl (C=O) groups excluding carboxylic acids is 1. The van der Waals surface area contributed by atoms with E-state index in [1.165, 1.54) is 28.5 Å². The fourth-order valence-electron chi connectivity index (χ4n) is 3.90. The predicted octanol–water partition coefficient (Wildman–Crippen LogP) is 5.06. The van der Waals surface area contributed by atoms with E-state index in [9.17, 15) is 4.79 Å². The Balaban J connectivity index is 1.51. The molecule has 0 radical (unpaired) electrons. The van der Waals surface area contributed by atoms with Gasteiger partial charge in [0.2, 0.25) is 5.91 Å². The minimum absolute atomic E-state index is 0.0336. The highest BCUT2D eigenvalue weighted by Gasteiger charge is 2.19. The minimum atomic E-state index is -0.0336. The first kappa shape index (κ1) is 24.7. The van der Waals surface area contributed by atoms with Crippen LogP contribution >= 0.6 is 11.8 Å². The first-order valence-corrected chi connectivity index (χ1v) is 12.6. The summed E-state index contributed by atoms with van der Waals surface area (Å²) in [5.74, 6) is 0.981. The van der Waals surface area contributed by atoms with E-state index >= 15 is 0 Å². The van der Waals surface area contributed by atoms with Crippen LogP contribution in [0.2, 0.25) is 0 Å². The third kappa shape index (κ3) is 5.99. The molecule has 0 bridgehead atoms. The lowest BCUT2D eigenvalue weighted by atomic mass is 10.1. The molecule has 0 aliphatic carbocycles. The van der Waals surface area contributed by atoms with Crippen molar-refractivity contribution in [1.29, 1.82) is 0 Å². The van der Waals surface area contributed by atoms with Gasteiger partial charge in [-0.3, -0.25) is 9.36 Å². The van der Waals surface area contributed by atoms with Gasteiger partial charge in [0.25, 0.3) is 0 Å². The summed E-state index contributed by atoms with van der Waals surface area (Å²) in [6, 6.07) is 26.6. The Hall–Kier alpha value is -3.42. The molecule has 180 valence electrons. The number of likely N-dealkylation sites (N-methyl/N-ethyl adjacent to an activating group) is 1. The summed E-state index contributed by atoms with van der Waals surface area (Å²) >= 11 is 1.40. The van der Waals surface area contributed by atoms with Crippen molar-refractivity contribution in [3.8, 4) is 17.1 Å². The molecule has 0 aliphatic heterocycles. The van der Waals surface area contributed by atoms with Crippen molar-refractivity contribution in [3.05, 3.63) is 95.6 Å². The Bertz CT molecular complexity index is 1270. The first-order chi connectivity index (χ1) is 16.9. The van der Waals surface area contributed by atoms with Crippen molar-refractivity contribution in [2.24, 2.45) is 0 Å². The average Bonchev–Trinajstić information content (AvgIpc) is 3.29. The molecule has 0 fully saturated rings. The van der Waals surface area contributed by atoms with Crippen LogP contribution < -0.4 is 5.32 Å². The molecule has 0 unspecified atom stereocenters. The molecular weight excluding hydrogens is 454 g/mol. The summed E-state index contributed by atoms with van der Waals surface area (Å²) < 4.78 is 2.03. The standard InChI is InChI=1S/C28H31N5OS/c1-20-15-16-24(17-21(20)2)33-27(23-13-9-6-10-14-23)30-31-28(33)35-19-26(34)29-18-25(32(3)4)22-11-7-5-8-12-22/h5-17,25H,18-19H2,1-4H3,(H,29,34)/t25-/m1/s1. The van der Waals surface area contributed by atoms with E-state index < -0.39 is 0 Å². The van der Waals surface area contributed by atoms with E-state index in [0.29, 0.717) is 11.7 Å². The van der Waals surface area contributed by atoms with Crippen molar-refractivity contribution >= 4 is 17.7 Å². The molecule has 4 rings (SSSR count). The van der Waals surface area contributed by atoms with E-state index in [1.807, 2.05) is 67.2 Å². The zero-order chi connectivity index (χ0) is 24.8. The quantitative estimate of drug-likeness (QED) is 0.336. The monoisotopic (exact) mass is 485 g/mol. The molecule has 1 amide bonds. The van der Waals surface area contributed by atoms with Crippen LogP contribution in [0.3, 0.4) is 0 Å². The summed E-state index contributed by atoms with van der Waals surface area (Å²) in [5.41, 5.74) is 5.56. The predicted molar refractivity (Wildman–Crippen MR) is 143 cm³/mol. The van der Waals surface area contributed by atoms with Crippen LogP contribution in [0.5, 0.6) is 0 Å². The van der Waals surface area contributed by atoms with E-state index in [2.05, 4.69) is 64.6 Å². The second-order valence-electron chi connectivity index (χ2n) is 8.76. The number of hydrogen-bond acceptors (Lipinski definition) is 5. The summed E-state index contributed by atoms with van der Waals surface area (Å²) in [6.07, 6.45) is 0. The highest BCUT2D eigenvalue weighted by molar-refractivity contribution is 7.99. The fourth-order valence-corrected chi connectivity index (χ4v) is 4.68. The van der Waals surface area contributed by atoms with E-state index in [0.717, 1.165) is 17.1 Å². The lowest BCUT2D eigenvalue weighted by molar-refractivity contribution is -0.118. The molecule has 1 aromatic heterocycles. The van der Waals surface area contributed by atoms with Gasteiger partial charge in [0.05, 0.1) is 17.5 Å².